The number of rotatable bonds is 5. The molecule has 20 heavy (non-hydrogen) atoms. The van der Waals surface area contributed by atoms with Crippen molar-refractivity contribution in [1.82, 2.24) is 10.3 Å². The smallest absolute Gasteiger partial charge is 0.297 e. The molecule has 0 unspecified atom stereocenters. The summed E-state index contributed by atoms with van der Waals surface area (Å²) in [5.74, 6) is 0. The van der Waals surface area contributed by atoms with Gasteiger partial charge in [-0.15, -0.1) is 0 Å². The summed E-state index contributed by atoms with van der Waals surface area (Å²) in [5.41, 5.74) is 2.24. The van der Waals surface area contributed by atoms with Gasteiger partial charge >= 0.3 is 0 Å². The molecule has 0 saturated carbocycles. The molecule has 0 fully saturated rings. The van der Waals surface area contributed by atoms with Gasteiger partial charge in [-0.1, -0.05) is 30.3 Å². The van der Waals surface area contributed by atoms with E-state index in [1.54, 1.807) is 6.26 Å². The van der Waals surface area contributed by atoms with E-state index in [1.807, 2.05) is 30.1 Å². The zero-order valence-electron chi connectivity index (χ0n) is 12.7. The molecule has 0 aliphatic carbocycles. The Morgan fingerprint density at radius 3 is 2.55 bits per heavy atom. The second-order valence-electron chi connectivity index (χ2n) is 6.07. The predicted molar refractivity (Wildman–Crippen MR) is 81.6 cm³/mol. The molecule has 2 rings (SSSR count). The van der Waals surface area contributed by atoms with Gasteiger partial charge in [0, 0.05) is 25.7 Å². The first-order chi connectivity index (χ1) is 9.44. The summed E-state index contributed by atoms with van der Waals surface area (Å²) < 4.78 is 5.54. The number of anilines is 1. The SMILES string of the molecule is CN(Cc1ccccc1)c1nc(CNC(C)(C)C)co1. The number of hydrogen-bond acceptors (Lipinski definition) is 4. The van der Waals surface area contributed by atoms with Crippen molar-refractivity contribution in [3.05, 3.63) is 47.9 Å². The van der Waals surface area contributed by atoms with Gasteiger partial charge in [-0.2, -0.15) is 4.98 Å². The second kappa shape index (κ2) is 6.09. The van der Waals surface area contributed by atoms with Crippen molar-refractivity contribution in [2.24, 2.45) is 0 Å². The van der Waals surface area contributed by atoms with Crippen molar-refractivity contribution in [3.63, 3.8) is 0 Å². The summed E-state index contributed by atoms with van der Waals surface area (Å²) in [7, 11) is 1.99. The Kier molecular flexibility index (Phi) is 4.45. The lowest BCUT2D eigenvalue weighted by Gasteiger charge is -2.19. The van der Waals surface area contributed by atoms with E-state index in [9.17, 15) is 0 Å². The third-order valence-corrected chi connectivity index (χ3v) is 2.93. The summed E-state index contributed by atoms with van der Waals surface area (Å²) in [5, 5.41) is 3.40. The first-order valence-electron chi connectivity index (χ1n) is 6.88. The molecule has 0 saturated heterocycles. The predicted octanol–water partition coefficient (Wildman–Crippen LogP) is 3.20. The van der Waals surface area contributed by atoms with Crippen LogP contribution in [0.2, 0.25) is 0 Å². The van der Waals surface area contributed by atoms with E-state index in [0.29, 0.717) is 12.6 Å². The van der Waals surface area contributed by atoms with Gasteiger partial charge in [-0.05, 0) is 26.3 Å². The highest BCUT2D eigenvalue weighted by Gasteiger charge is 2.12. The molecule has 0 atom stereocenters. The Labute approximate surface area is 120 Å². The molecule has 0 spiro atoms. The Bertz CT molecular complexity index is 528. The van der Waals surface area contributed by atoms with Gasteiger partial charge in [0.15, 0.2) is 0 Å². The van der Waals surface area contributed by atoms with E-state index >= 15 is 0 Å². The number of nitrogens with one attached hydrogen (secondary N) is 1. The molecule has 0 amide bonds. The van der Waals surface area contributed by atoms with Crippen molar-refractivity contribution >= 4 is 6.01 Å². The first-order valence-corrected chi connectivity index (χ1v) is 6.88. The van der Waals surface area contributed by atoms with Crippen LogP contribution in [0.5, 0.6) is 0 Å². The largest absolute Gasteiger partial charge is 0.432 e. The molecule has 0 aliphatic rings. The van der Waals surface area contributed by atoms with E-state index in [2.05, 4.69) is 43.2 Å². The normalized spacial score (nSPS) is 11.6. The molecule has 108 valence electrons. The molecule has 1 heterocycles. The van der Waals surface area contributed by atoms with Gasteiger partial charge in [-0.25, -0.2) is 0 Å². The molecule has 1 N–H and O–H groups in total. The number of aromatic nitrogens is 1. The number of hydrogen-bond donors (Lipinski definition) is 1. The van der Waals surface area contributed by atoms with Crippen LogP contribution in [0.15, 0.2) is 41.0 Å². The summed E-state index contributed by atoms with van der Waals surface area (Å²) >= 11 is 0. The highest BCUT2D eigenvalue weighted by atomic mass is 16.4. The Balaban J connectivity index is 1.94. The number of nitrogens with zero attached hydrogens (tertiary/aromatic N) is 2. The summed E-state index contributed by atoms with van der Waals surface area (Å²) in [6.45, 7) is 7.90. The molecule has 1 aromatic heterocycles. The van der Waals surface area contributed by atoms with Gasteiger partial charge in [-0.3, -0.25) is 0 Å². The number of benzene rings is 1. The number of oxazole rings is 1. The molecule has 0 aliphatic heterocycles. The van der Waals surface area contributed by atoms with Crippen LogP contribution >= 0.6 is 0 Å². The summed E-state index contributed by atoms with van der Waals surface area (Å²) in [4.78, 5) is 6.52. The molecule has 4 heteroatoms. The topological polar surface area (TPSA) is 41.3 Å². The first kappa shape index (κ1) is 14.6. The third kappa shape index (κ3) is 4.38. The van der Waals surface area contributed by atoms with Crippen molar-refractivity contribution < 1.29 is 4.42 Å². The summed E-state index contributed by atoms with van der Waals surface area (Å²) in [6.07, 6.45) is 1.72. The van der Waals surface area contributed by atoms with Gasteiger partial charge in [0.25, 0.3) is 6.01 Å². The van der Waals surface area contributed by atoms with Gasteiger partial charge in [0.1, 0.15) is 6.26 Å². The van der Waals surface area contributed by atoms with Crippen LogP contribution in [0.25, 0.3) is 0 Å². The molecule has 0 bridgehead atoms. The lowest BCUT2D eigenvalue weighted by molar-refractivity contribution is 0.421. The average Bonchev–Trinajstić information content (AvgIpc) is 2.86. The molecule has 4 nitrogen and oxygen atoms in total. The van der Waals surface area contributed by atoms with E-state index in [4.69, 9.17) is 4.42 Å². The Morgan fingerprint density at radius 1 is 1.20 bits per heavy atom. The Hall–Kier alpha value is -1.81. The van der Waals surface area contributed by atoms with Crippen molar-refractivity contribution in [3.8, 4) is 0 Å². The van der Waals surface area contributed by atoms with Crippen molar-refractivity contribution in [2.45, 2.75) is 39.4 Å². The van der Waals surface area contributed by atoms with Crippen LogP contribution in [0.3, 0.4) is 0 Å². The van der Waals surface area contributed by atoms with E-state index < -0.39 is 0 Å². The Morgan fingerprint density at radius 2 is 1.90 bits per heavy atom. The monoisotopic (exact) mass is 273 g/mol. The molecule has 2 aromatic rings. The van der Waals surface area contributed by atoms with Gasteiger partial charge in [0.2, 0.25) is 0 Å². The van der Waals surface area contributed by atoms with Crippen LogP contribution in [0.1, 0.15) is 32.0 Å². The van der Waals surface area contributed by atoms with Crippen LogP contribution in [-0.2, 0) is 13.1 Å². The van der Waals surface area contributed by atoms with E-state index in [1.165, 1.54) is 5.56 Å². The molecular formula is C16H23N3O. The maximum absolute atomic E-state index is 5.54. The lowest BCUT2D eigenvalue weighted by Crippen LogP contribution is -2.35. The highest BCUT2D eigenvalue weighted by molar-refractivity contribution is 5.29. The zero-order valence-corrected chi connectivity index (χ0v) is 12.7. The molecular weight excluding hydrogens is 250 g/mol. The minimum atomic E-state index is 0.0784. The lowest BCUT2D eigenvalue weighted by atomic mass is 10.1. The standard InChI is InChI=1S/C16H23N3O/c1-16(2,3)17-10-14-12-20-15(18-14)19(4)11-13-8-6-5-7-9-13/h5-9,12,17H,10-11H2,1-4H3. The van der Waals surface area contributed by atoms with Crippen LogP contribution < -0.4 is 10.2 Å². The zero-order chi connectivity index (χ0) is 14.6. The van der Waals surface area contributed by atoms with Crippen LogP contribution in [-0.4, -0.2) is 17.6 Å². The van der Waals surface area contributed by atoms with E-state index in [-0.39, 0.29) is 5.54 Å². The fourth-order valence-electron chi connectivity index (χ4n) is 1.83. The van der Waals surface area contributed by atoms with E-state index in [0.717, 1.165) is 12.2 Å². The molecule has 0 radical (unpaired) electrons. The maximum Gasteiger partial charge on any atom is 0.297 e. The average molecular weight is 273 g/mol. The molecule has 1 aromatic carbocycles. The van der Waals surface area contributed by atoms with Gasteiger partial charge < -0.3 is 14.6 Å². The minimum Gasteiger partial charge on any atom is -0.432 e. The minimum absolute atomic E-state index is 0.0784. The van der Waals surface area contributed by atoms with Crippen molar-refractivity contribution in [2.75, 3.05) is 11.9 Å². The third-order valence-electron chi connectivity index (χ3n) is 2.93. The second-order valence-corrected chi connectivity index (χ2v) is 6.07. The van der Waals surface area contributed by atoms with Crippen LogP contribution in [0.4, 0.5) is 6.01 Å². The highest BCUT2D eigenvalue weighted by Crippen LogP contribution is 2.15. The quantitative estimate of drug-likeness (QED) is 0.908. The van der Waals surface area contributed by atoms with Crippen LogP contribution in [0, 0.1) is 0 Å². The van der Waals surface area contributed by atoms with Crippen molar-refractivity contribution in [1.29, 1.82) is 0 Å². The fraction of sp³-hybridized carbons (Fsp3) is 0.438. The summed E-state index contributed by atoms with van der Waals surface area (Å²) in [6, 6.07) is 10.9. The van der Waals surface area contributed by atoms with Gasteiger partial charge in [0.05, 0.1) is 5.69 Å². The maximum atomic E-state index is 5.54. The fourth-order valence-corrected chi connectivity index (χ4v) is 1.83.